The van der Waals surface area contributed by atoms with Crippen molar-refractivity contribution >= 4 is 27.3 Å². The van der Waals surface area contributed by atoms with E-state index in [1.807, 2.05) is 0 Å². The SMILES string of the molecule is COc1ccc(N(C)C(=O)CCCOc2ccc(S(=O)(=O)C3(C(=O)NO)CCOCC3)cc2)cc1. The largest absolute Gasteiger partial charge is 0.497 e. The highest BCUT2D eigenvalue weighted by Crippen LogP contribution is 2.35. The van der Waals surface area contributed by atoms with E-state index in [2.05, 4.69) is 0 Å². The summed E-state index contributed by atoms with van der Waals surface area (Å²) in [6.07, 6.45) is 0.632. The first-order valence-corrected chi connectivity index (χ1v) is 12.6. The Hall–Kier alpha value is -3.15. The van der Waals surface area contributed by atoms with Gasteiger partial charge in [-0.15, -0.1) is 0 Å². The number of ether oxygens (including phenoxy) is 3. The molecule has 0 unspecified atom stereocenters. The number of carbonyl (C=O) groups excluding carboxylic acids is 2. The van der Waals surface area contributed by atoms with Crippen molar-refractivity contribution in [3.63, 3.8) is 0 Å². The van der Waals surface area contributed by atoms with E-state index in [-0.39, 0.29) is 49.9 Å². The van der Waals surface area contributed by atoms with Gasteiger partial charge in [0.15, 0.2) is 14.6 Å². The quantitative estimate of drug-likeness (QED) is 0.285. The van der Waals surface area contributed by atoms with Gasteiger partial charge in [-0.1, -0.05) is 0 Å². The zero-order valence-corrected chi connectivity index (χ0v) is 20.5. The van der Waals surface area contributed by atoms with Gasteiger partial charge in [-0.3, -0.25) is 14.8 Å². The molecule has 0 bridgehead atoms. The van der Waals surface area contributed by atoms with Crippen LogP contribution in [-0.2, 0) is 24.2 Å². The molecule has 0 radical (unpaired) electrons. The molecule has 1 aliphatic heterocycles. The Morgan fingerprint density at radius 1 is 1.06 bits per heavy atom. The summed E-state index contributed by atoms with van der Waals surface area (Å²) in [4.78, 5) is 26.3. The average Bonchev–Trinajstić information content (AvgIpc) is 2.90. The Kier molecular flexibility index (Phi) is 8.71. The van der Waals surface area contributed by atoms with E-state index in [0.717, 1.165) is 5.69 Å². The Labute approximate surface area is 204 Å². The molecule has 0 saturated carbocycles. The number of anilines is 1. The monoisotopic (exact) mass is 506 g/mol. The Bertz CT molecular complexity index is 1110. The molecule has 1 saturated heterocycles. The topological polar surface area (TPSA) is 131 Å². The molecule has 10 nitrogen and oxygen atoms in total. The summed E-state index contributed by atoms with van der Waals surface area (Å²) in [6.45, 7) is 0.461. The molecule has 0 atom stereocenters. The van der Waals surface area contributed by atoms with Crippen LogP contribution >= 0.6 is 0 Å². The zero-order chi connectivity index (χ0) is 25.5. The Morgan fingerprint density at radius 3 is 2.23 bits per heavy atom. The first-order valence-electron chi connectivity index (χ1n) is 11.2. The molecule has 1 aliphatic rings. The lowest BCUT2D eigenvalue weighted by atomic mass is 9.98. The van der Waals surface area contributed by atoms with Gasteiger partial charge in [-0.2, -0.15) is 0 Å². The molecule has 11 heteroatoms. The van der Waals surface area contributed by atoms with Crippen LogP contribution in [0.25, 0.3) is 0 Å². The lowest BCUT2D eigenvalue weighted by Crippen LogP contribution is -2.54. The van der Waals surface area contributed by atoms with Crippen LogP contribution in [0.15, 0.2) is 53.4 Å². The van der Waals surface area contributed by atoms with Crippen LogP contribution in [0.4, 0.5) is 5.69 Å². The molecule has 0 aliphatic carbocycles. The zero-order valence-electron chi connectivity index (χ0n) is 19.7. The molecule has 1 heterocycles. The highest BCUT2D eigenvalue weighted by Gasteiger charge is 2.52. The van der Waals surface area contributed by atoms with Gasteiger partial charge in [0.2, 0.25) is 5.91 Å². The molecule has 3 rings (SSSR count). The lowest BCUT2D eigenvalue weighted by Gasteiger charge is -2.34. The second-order valence-corrected chi connectivity index (χ2v) is 10.4. The third-order valence-electron chi connectivity index (χ3n) is 6.10. The van der Waals surface area contributed by atoms with Crippen molar-refractivity contribution in [2.45, 2.75) is 35.3 Å². The van der Waals surface area contributed by atoms with E-state index in [1.54, 1.807) is 43.3 Å². The highest BCUT2D eigenvalue weighted by molar-refractivity contribution is 7.93. The summed E-state index contributed by atoms with van der Waals surface area (Å²) >= 11 is 0. The van der Waals surface area contributed by atoms with Crippen molar-refractivity contribution in [3.8, 4) is 11.5 Å². The van der Waals surface area contributed by atoms with Crippen LogP contribution < -0.4 is 19.9 Å². The maximum absolute atomic E-state index is 13.3. The van der Waals surface area contributed by atoms with E-state index >= 15 is 0 Å². The van der Waals surface area contributed by atoms with Gasteiger partial charge in [0, 0.05) is 32.4 Å². The summed E-state index contributed by atoms with van der Waals surface area (Å²) in [5, 5.41) is 9.13. The number of rotatable bonds is 10. The molecule has 2 N–H and O–H groups in total. The number of hydrogen-bond acceptors (Lipinski definition) is 8. The molecule has 0 aromatic heterocycles. The third kappa shape index (κ3) is 5.75. The summed E-state index contributed by atoms with van der Waals surface area (Å²) in [5.74, 6) is 0.114. The summed E-state index contributed by atoms with van der Waals surface area (Å²) in [7, 11) is -0.815. The third-order valence-corrected chi connectivity index (χ3v) is 8.62. The predicted molar refractivity (Wildman–Crippen MR) is 127 cm³/mol. The number of methoxy groups -OCH3 is 1. The fourth-order valence-corrected chi connectivity index (χ4v) is 5.83. The highest BCUT2D eigenvalue weighted by atomic mass is 32.2. The average molecular weight is 507 g/mol. The van der Waals surface area contributed by atoms with Crippen LogP contribution in [0.5, 0.6) is 11.5 Å². The van der Waals surface area contributed by atoms with Crippen LogP contribution in [0.2, 0.25) is 0 Å². The van der Waals surface area contributed by atoms with Crippen molar-refractivity contribution < 1.29 is 37.4 Å². The molecule has 1 fully saturated rings. The molecule has 35 heavy (non-hydrogen) atoms. The van der Waals surface area contributed by atoms with E-state index < -0.39 is 20.5 Å². The molecule has 2 aromatic rings. The first-order chi connectivity index (χ1) is 16.7. The number of hydroxylamine groups is 1. The van der Waals surface area contributed by atoms with Gasteiger partial charge in [0.25, 0.3) is 5.91 Å². The van der Waals surface area contributed by atoms with Gasteiger partial charge in [-0.05, 0) is 67.8 Å². The number of hydrogen-bond donors (Lipinski definition) is 2. The van der Waals surface area contributed by atoms with Gasteiger partial charge in [0.1, 0.15) is 11.5 Å². The number of nitrogens with one attached hydrogen (secondary N) is 1. The number of amides is 2. The minimum absolute atomic E-state index is 0.0494. The maximum Gasteiger partial charge on any atom is 0.265 e. The van der Waals surface area contributed by atoms with Crippen molar-refractivity contribution in [2.24, 2.45) is 0 Å². The molecule has 190 valence electrons. The molecular formula is C24H30N2O8S. The minimum atomic E-state index is -4.09. The van der Waals surface area contributed by atoms with E-state index in [4.69, 9.17) is 19.4 Å². The van der Waals surface area contributed by atoms with Crippen LogP contribution in [0, 0.1) is 0 Å². The van der Waals surface area contributed by atoms with Gasteiger partial charge in [0.05, 0.1) is 18.6 Å². The second kappa shape index (κ2) is 11.5. The van der Waals surface area contributed by atoms with Gasteiger partial charge in [-0.25, -0.2) is 13.9 Å². The van der Waals surface area contributed by atoms with Crippen LogP contribution in [-0.4, -0.2) is 64.2 Å². The smallest absolute Gasteiger partial charge is 0.265 e. The van der Waals surface area contributed by atoms with Gasteiger partial charge >= 0.3 is 0 Å². The van der Waals surface area contributed by atoms with Crippen molar-refractivity contribution in [1.82, 2.24) is 5.48 Å². The number of nitrogens with zero attached hydrogens (tertiary/aromatic N) is 1. The number of benzene rings is 2. The minimum Gasteiger partial charge on any atom is -0.497 e. The number of carbonyl (C=O) groups is 2. The second-order valence-electron chi connectivity index (χ2n) is 8.13. The van der Waals surface area contributed by atoms with E-state index in [1.165, 1.54) is 29.7 Å². The van der Waals surface area contributed by atoms with Crippen molar-refractivity contribution in [2.75, 3.05) is 38.9 Å². The van der Waals surface area contributed by atoms with Crippen LogP contribution in [0.3, 0.4) is 0 Å². The van der Waals surface area contributed by atoms with Gasteiger partial charge < -0.3 is 19.1 Å². The molecule has 0 spiro atoms. The lowest BCUT2D eigenvalue weighted by molar-refractivity contribution is -0.134. The summed E-state index contributed by atoms with van der Waals surface area (Å²) in [6, 6.07) is 12.9. The first kappa shape index (κ1) is 26.5. The molecular weight excluding hydrogens is 476 g/mol. The normalized spacial score (nSPS) is 15.2. The van der Waals surface area contributed by atoms with Crippen molar-refractivity contribution in [3.05, 3.63) is 48.5 Å². The van der Waals surface area contributed by atoms with E-state index in [0.29, 0.717) is 17.9 Å². The Morgan fingerprint density at radius 2 is 1.66 bits per heavy atom. The molecule has 2 aromatic carbocycles. The van der Waals surface area contributed by atoms with E-state index in [9.17, 15) is 18.0 Å². The Balaban J connectivity index is 1.55. The summed E-state index contributed by atoms with van der Waals surface area (Å²) < 4.78 is 40.7. The van der Waals surface area contributed by atoms with Crippen molar-refractivity contribution in [1.29, 1.82) is 0 Å². The fraction of sp³-hybridized carbons (Fsp3) is 0.417. The standard InChI is InChI=1S/C24H30N2O8S/c1-26(18-5-7-19(32-2)8-6-18)22(27)4-3-15-34-20-9-11-21(12-10-20)35(30,31)24(23(28)25-29)13-16-33-17-14-24/h5-12,29H,3-4,13-17H2,1-2H3,(H,25,28). The predicted octanol–water partition coefficient (Wildman–Crippen LogP) is 2.35. The number of sulfone groups is 1. The fourth-order valence-electron chi connectivity index (χ4n) is 3.89. The summed E-state index contributed by atoms with van der Waals surface area (Å²) in [5.41, 5.74) is 2.25. The van der Waals surface area contributed by atoms with Crippen LogP contribution in [0.1, 0.15) is 25.7 Å². The maximum atomic E-state index is 13.3. The molecule has 2 amide bonds.